The number of hydrogen-bond acceptors (Lipinski definition) is 4. The fraction of sp³-hybridized carbons (Fsp3) is 1.00. The van der Waals surface area contributed by atoms with Crippen LogP contribution in [-0.4, -0.2) is 46.6 Å². The molecule has 0 aromatic rings. The molecule has 20 heavy (non-hydrogen) atoms. The molecule has 0 saturated carbocycles. The van der Waals surface area contributed by atoms with E-state index in [2.05, 4.69) is 13.8 Å². The first-order chi connectivity index (χ1) is 9.51. The van der Waals surface area contributed by atoms with Gasteiger partial charge in [0.25, 0.3) is 0 Å². The maximum absolute atomic E-state index is 11.2. The van der Waals surface area contributed by atoms with E-state index in [-0.39, 0.29) is 17.8 Å². The smallest absolute Gasteiger partial charge is 0.0726 e. The van der Waals surface area contributed by atoms with Gasteiger partial charge in [0.15, 0.2) is 0 Å². The zero-order chi connectivity index (χ0) is 14.2. The monoisotopic (exact) mass is 300 g/mol. The summed E-state index contributed by atoms with van der Waals surface area (Å²) in [5.74, 6) is 2.80. The number of rotatable bonds is 1. The summed E-state index contributed by atoms with van der Waals surface area (Å²) in [5.41, 5.74) is -0.479. The van der Waals surface area contributed by atoms with E-state index in [0.29, 0.717) is 5.92 Å². The van der Waals surface area contributed by atoms with Crippen LogP contribution < -0.4 is 0 Å². The second-order valence-corrected chi connectivity index (χ2v) is 8.33. The summed E-state index contributed by atoms with van der Waals surface area (Å²) in [5, 5.41) is 11.2. The Bertz CT molecular complexity index is 325. The van der Waals surface area contributed by atoms with Gasteiger partial charge in [0.05, 0.1) is 23.4 Å². The predicted octanol–water partition coefficient (Wildman–Crippen LogP) is 3.00. The third kappa shape index (κ3) is 3.03. The summed E-state index contributed by atoms with van der Waals surface area (Å²) >= 11 is 2.04. The van der Waals surface area contributed by atoms with Crippen molar-refractivity contribution in [1.29, 1.82) is 0 Å². The molecule has 3 aliphatic heterocycles. The molecule has 0 aromatic heterocycles. The van der Waals surface area contributed by atoms with E-state index in [4.69, 9.17) is 9.47 Å². The molecule has 3 rings (SSSR count). The van der Waals surface area contributed by atoms with Crippen molar-refractivity contribution in [2.45, 2.75) is 75.8 Å². The van der Waals surface area contributed by atoms with E-state index in [0.717, 1.165) is 45.1 Å². The van der Waals surface area contributed by atoms with Crippen molar-refractivity contribution < 1.29 is 14.6 Å². The van der Waals surface area contributed by atoms with Gasteiger partial charge in [0.1, 0.15) is 0 Å². The fourth-order valence-corrected chi connectivity index (χ4v) is 5.72. The molecule has 3 atom stereocenters. The molecule has 0 aromatic carbocycles. The zero-order valence-electron chi connectivity index (χ0n) is 12.8. The van der Waals surface area contributed by atoms with Gasteiger partial charge in [-0.3, -0.25) is 0 Å². The minimum Gasteiger partial charge on any atom is -0.389 e. The quantitative estimate of drug-likeness (QED) is 0.808. The molecular formula is C16H28O3S. The largest absolute Gasteiger partial charge is 0.389 e. The lowest BCUT2D eigenvalue weighted by Gasteiger charge is -2.50. The van der Waals surface area contributed by atoms with Crippen LogP contribution in [0.15, 0.2) is 0 Å². The van der Waals surface area contributed by atoms with E-state index >= 15 is 0 Å². The standard InChI is InChI=1S/C16H28O3S/c1-12-9-16(17,10-13(2)19-12)14-3-6-18-15(11-14)4-7-20-8-5-15/h12-14,17H,3-11H2,1-2H3. The maximum Gasteiger partial charge on any atom is 0.0726 e. The average Bonchev–Trinajstić information content (AvgIpc) is 2.38. The Labute approximate surface area is 126 Å². The molecule has 3 nitrogen and oxygen atoms in total. The van der Waals surface area contributed by atoms with Crippen molar-refractivity contribution >= 4 is 11.8 Å². The van der Waals surface area contributed by atoms with Gasteiger partial charge in [-0.2, -0.15) is 11.8 Å². The van der Waals surface area contributed by atoms with Crippen LogP contribution in [0.3, 0.4) is 0 Å². The first-order valence-electron chi connectivity index (χ1n) is 8.11. The molecule has 3 aliphatic rings. The Balaban J connectivity index is 1.72. The molecule has 116 valence electrons. The average molecular weight is 300 g/mol. The van der Waals surface area contributed by atoms with Crippen molar-refractivity contribution in [2.24, 2.45) is 5.92 Å². The number of thioether (sulfide) groups is 1. The van der Waals surface area contributed by atoms with Crippen LogP contribution in [-0.2, 0) is 9.47 Å². The summed E-state index contributed by atoms with van der Waals surface area (Å²) < 4.78 is 12.0. The maximum atomic E-state index is 11.2. The van der Waals surface area contributed by atoms with Crippen LogP contribution in [0.1, 0.15) is 52.4 Å². The number of hydrogen-bond donors (Lipinski definition) is 1. The fourth-order valence-electron chi connectivity index (χ4n) is 4.48. The summed E-state index contributed by atoms with van der Waals surface area (Å²) in [7, 11) is 0. The molecular weight excluding hydrogens is 272 g/mol. The Morgan fingerprint density at radius 3 is 2.35 bits per heavy atom. The lowest BCUT2D eigenvalue weighted by molar-refractivity contribution is -0.193. The molecule has 4 heteroatoms. The van der Waals surface area contributed by atoms with E-state index in [1.165, 1.54) is 11.5 Å². The second kappa shape index (κ2) is 5.79. The number of ether oxygens (including phenoxy) is 2. The van der Waals surface area contributed by atoms with Crippen LogP contribution in [0.25, 0.3) is 0 Å². The van der Waals surface area contributed by atoms with Crippen LogP contribution >= 0.6 is 11.8 Å². The highest BCUT2D eigenvalue weighted by atomic mass is 32.2. The van der Waals surface area contributed by atoms with Gasteiger partial charge in [0.2, 0.25) is 0 Å². The van der Waals surface area contributed by atoms with Gasteiger partial charge in [-0.25, -0.2) is 0 Å². The molecule has 0 amide bonds. The lowest BCUT2D eigenvalue weighted by Crippen LogP contribution is -2.54. The van der Waals surface area contributed by atoms with E-state index in [1.807, 2.05) is 11.8 Å². The van der Waals surface area contributed by atoms with Gasteiger partial charge in [0, 0.05) is 19.4 Å². The highest BCUT2D eigenvalue weighted by Gasteiger charge is 2.49. The van der Waals surface area contributed by atoms with Crippen LogP contribution in [0.4, 0.5) is 0 Å². The second-order valence-electron chi connectivity index (χ2n) is 7.10. The van der Waals surface area contributed by atoms with Gasteiger partial charge in [-0.15, -0.1) is 0 Å². The zero-order valence-corrected chi connectivity index (χ0v) is 13.6. The summed E-state index contributed by atoms with van der Waals surface area (Å²) in [6.45, 7) is 5.00. The van der Waals surface area contributed by atoms with Crippen molar-refractivity contribution in [3.8, 4) is 0 Å². The van der Waals surface area contributed by atoms with Crippen LogP contribution in [0.5, 0.6) is 0 Å². The Morgan fingerprint density at radius 2 is 1.70 bits per heavy atom. The SMILES string of the molecule is CC1CC(O)(C2CCOC3(CCSCC3)C2)CC(C)O1. The molecule has 3 heterocycles. The molecule has 0 aliphatic carbocycles. The van der Waals surface area contributed by atoms with Gasteiger partial charge < -0.3 is 14.6 Å². The normalized spacial score (nSPS) is 45.5. The molecule has 1 spiro atoms. The summed E-state index contributed by atoms with van der Waals surface area (Å²) in [6, 6.07) is 0. The van der Waals surface area contributed by atoms with Gasteiger partial charge in [-0.1, -0.05) is 0 Å². The first kappa shape index (κ1) is 15.1. The molecule has 1 N–H and O–H groups in total. The lowest BCUT2D eigenvalue weighted by atomic mass is 9.69. The Kier molecular flexibility index (Phi) is 4.38. The van der Waals surface area contributed by atoms with E-state index < -0.39 is 5.60 Å². The summed E-state index contributed by atoms with van der Waals surface area (Å²) in [4.78, 5) is 0. The Hall–Kier alpha value is 0.230. The van der Waals surface area contributed by atoms with Crippen LogP contribution in [0.2, 0.25) is 0 Å². The minimum absolute atomic E-state index is 0.0642. The van der Waals surface area contributed by atoms with Crippen molar-refractivity contribution in [3.63, 3.8) is 0 Å². The highest BCUT2D eigenvalue weighted by Crippen LogP contribution is 2.46. The summed E-state index contributed by atoms with van der Waals surface area (Å²) in [6.07, 6.45) is 6.28. The van der Waals surface area contributed by atoms with E-state index in [1.54, 1.807) is 0 Å². The molecule has 3 saturated heterocycles. The van der Waals surface area contributed by atoms with Crippen molar-refractivity contribution in [3.05, 3.63) is 0 Å². The molecule has 3 unspecified atom stereocenters. The van der Waals surface area contributed by atoms with Crippen molar-refractivity contribution in [1.82, 2.24) is 0 Å². The third-order valence-corrected chi connectivity index (χ3v) is 6.39. The van der Waals surface area contributed by atoms with E-state index in [9.17, 15) is 5.11 Å². The third-order valence-electron chi connectivity index (χ3n) is 5.40. The van der Waals surface area contributed by atoms with Gasteiger partial charge >= 0.3 is 0 Å². The topological polar surface area (TPSA) is 38.7 Å². The molecule has 3 fully saturated rings. The minimum atomic E-state index is -0.543. The highest BCUT2D eigenvalue weighted by molar-refractivity contribution is 7.99. The number of aliphatic hydroxyl groups is 1. The van der Waals surface area contributed by atoms with Gasteiger partial charge in [-0.05, 0) is 57.0 Å². The molecule has 0 bridgehead atoms. The first-order valence-corrected chi connectivity index (χ1v) is 9.26. The molecule has 0 radical (unpaired) electrons. The van der Waals surface area contributed by atoms with Crippen molar-refractivity contribution in [2.75, 3.05) is 18.1 Å². The Morgan fingerprint density at radius 1 is 1.05 bits per heavy atom. The predicted molar refractivity (Wildman–Crippen MR) is 82.2 cm³/mol. The van der Waals surface area contributed by atoms with Crippen LogP contribution in [0, 0.1) is 5.92 Å².